The normalized spacial score (nSPS) is 17.3. The second kappa shape index (κ2) is 8.78. The first-order valence-electron chi connectivity index (χ1n) is 10.5. The van der Waals surface area contributed by atoms with Crippen molar-refractivity contribution >= 4 is 12.1 Å². The van der Waals surface area contributed by atoms with Crippen LogP contribution in [0.4, 0.5) is 4.79 Å². The van der Waals surface area contributed by atoms with Crippen LogP contribution in [0.1, 0.15) is 55.6 Å². The number of esters is 1. The minimum atomic E-state index is -0.976. The van der Waals surface area contributed by atoms with Crippen LogP contribution >= 0.6 is 0 Å². The Kier molecular flexibility index (Phi) is 5.95. The molecule has 5 nitrogen and oxygen atoms in total. The van der Waals surface area contributed by atoms with Gasteiger partial charge in [-0.3, -0.25) is 0 Å². The number of nitrogens with two attached hydrogens (primary N) is 1. The van der Waals surface area contributed by atoms with E-state index in [0.29, 0.717) is 12.3 Å². The number of fused-ring (bicyclic) bond motifs is 3. The van der Waals surface area contributed by atoms with Gasteiger partial charge in [0.15, 0.2) is 0 Å². The van der Waals surface area contributed by atoms with Crippen molar-refractivity contribution in [3.63, 3.8) is 0 Å². The predicted molar refractivity (Wildman–Crippen MR) is 110 cm³/mol. The van der Waals surface area contributed by atoms with Gasteiger partial charge in [-0.25, -0.2) is 9.59 Å². The molecule has 0 aromatic heterocycles. The largest absolute Gasteiger partial charge is 0.516 e. The minimum Gasteiger partial charge on any atom is -0.433 e. The number of carbonyl (C=O) groups excluding carboxylic acids is 2. The number of carbonyl (C=O) groups is 2. The van der Waals surface area contributed by atoms with Gasteiger partial charge in [0, 0.05) is 5.92 Å². The third-order valence-electron chi connectivity index (χ3n) is 6.13. The van der Waals surface area contributed by atoms with E-state index in [9.17, 15) is 9.59 Å². The van der Waals surface area contributed by atoms with Crippen molar-refractivity contribution in [2.75, 3.05) is 6.61 Å². The maximum absolute atomic E-state index is 12.2. The van der Waals surface area contributed by atoms with Gasteiger partial charge in [-0.2, -0.15) is 0 Å². The monoisotopic (exact) mass is 393 g/mol. The van der Waals surface area contributed by atoms with E-state index in [1.807, 2.05) is 36.4 Å². The van der Waals surface area contributed by atoms with Crippen molar-refractivity contribution in [2.24, 2.45) is 11.7 Å². The average Bonchev–Trinajstić information content (AvgIpc) is 3.07. The van der Waals surface area contributed by atoms with Crippen LogP contribution in [0.2, 0.25) is 0 Å². The summed E-state index contributed by atoms with van der Waals surface area (Å²) in [6.07, 6.45) is 5.37. The molecule has 0 bridgehead atoms. The molecule has 0 heterocycles. The Morgan fingerprint density at radius 2 is 1.52 bits per heavy atom. The number of benzene rings is 2. The number of ether oxygens (including phenoxy) is 2. The summed E-state index contributed by atoms with van der Waals surface area (Å²) >= 11 is 0. The molecule has 2 aliphatic carbocycles. The summed E-state index contributed by atoms with van der Waals surface area (Å²) in [6.45, 7) is 0.123. The van der Waals surface area contributed by atoms with Gasteiger partial charge in [-0.05, 0) is 34.6 Å². The van der Waals surface area contributed by atoms with Gasteiger partial charge in [0.1, 0.15) is 12.6 Å². The van der Waals surface area contributed by atoms with Crippen LogP contribution in [0.15, 0.2) is 48.5 Å². The summed E-state index contributed by atoms with van der Waals surface area (Å²) in [7, 11) is 0. The van der Waals surface area contributed by atoms with Crippen LogP contribution in [0, 0.1) is 5.92 Å². The highest BCUT2D eigenvalue weighted by Gasteiger charge is 2.30. The molecular weight excluding hydrogens is 366 g/mol. The smallest absolute Gasteiger partial charge is 0.433 e. The zero-order chi connectivity index (χ0) is 20.2. The first-order chi connectivity index (χ1) is 14.1. The summed E-state index contributed by atoms with van der Waals surface area (Å²) in [5, 5.41) is 0. The number of hydrogen-bond donors (Lipinski definition) is 1. The van der Waals surface area contributed by atoms with Crippen LogP contribution in [-0.4, -0.2) is 24.8 Å². The molecule has 1 atom stereocenters. The zero-order valence-electron chi connectivity index (χ0n) is 16.5. The van der Waals surface area contributed by atoms with Crippen molar-refractivity contribution in [3.8, 4) is 11.1 Å². The van der Waals surface area contributed by atoms with Crippen LogP contribution < -0.4 is 5.73 Å². The molecule has 0 spiro atoms. The molecule has 4 rings (SSSR count). The Labute approximate surface area is 171 Å². The third-order valence-corrected chi connectivity index (χ3v) is 6.13. The highest BCUT2D eigenvalue weighted by Crippen LogP contribution is 2.44. The van der Waals surface area contributed by atoms with E-state index in [0.717, 1.165) is 35.1 Å². The molecule has 0 amide bonds. The van der Waals surface area contributed by atoms with Crippen LogP contribution in [0.5, 0.6) is 0 Å². The summed E-state index contributed by atoms with van der Waals surface area (Å²) in [4.78, 5) is 24.3. The first kappa shape index (κ1) is 19.6. The summed E-state index contributed by atoms with van der Waals surface area (Å²) in [6, 6.07) is 15.4. The average molecular weight is 393 g/mol. The predicted octanol–water partition coefficient (Wildman–Crippen LogP) is 4.78. The fourth-order valence-electron chi connectivity index (χ4n) is 4.66. The maximum Gasteiger partial charge on any atom is 0.516 e. The van der Waals surface area contributed by atoms with Crippen LogP contribution in [0.25, 0.3) is 11.1 Å². The lowest BCUT2D eigenvalue weighted by Gasteiger charge is -2.23. The van der Waals surface area contributed by atoms with E-state index in [1.54, 1.807) is 0 Å². The Morgan fingerprint density at radius 1 is 0.931 bits per heavy atom. The lowest BCUT2D eigenvalue weighted by Crippen LogP contribution is -2.36. The minimum absolute atomic E-state index is 0.0686. The Balaban J connectivity index is 1.33. The Morgan fingerprint density at radius 3 is 2.14 bits per heavy atom. The van der Waals surface area contributed by atoms with Crippen molar-refractivity contribution < 1.29 is 19.1 Å². The van der Waals surface area contributed by atoms with E-state index >= 15 is 0 Å². The lowest BCUT2D eigenvalue weighted by atomic mass is 9.85. The molecule has 2 N–H and O–H groups in total. The van der Waals surface area contributed by atoms with Gasteiger partial charge in [0.05, 0.1) is 0 Å². The van der Waals surface area contributed by atoms with Crippen LogP contribution in [-0.2, 0) is 14.3 Å². The SMILES string of the molecule is N[C@H](CC1CCCCC1)C(=O)OC(=O)OCC1c2ccccc2-c2ccccc21. The van der Waals surface area contributed by atoms with E-state index in [1.165, 1.54) is 19.3 Å². The molecule has 1 saturated carbocycles. The van der Waals surface area contributed by atoms with Crippen molar-refractivity contribution in [1.82, 2.24) is 0 Å². The molecule has 152 valence electrons. The summed E-state index contributed by atoms with van der Waals surface area (Å²) in [5.41, 5.74) is 10.5. The second-order valence-electron chi connectivity index (χ2n) is 8.06. The van der Waals surface area contributed by atoms with E-state index in [-0.39, 0.29) is 12.5 Å². The highest BCUT2D eigenvalue weighted by molar-refractivity contribution is 5.85. The van der Waals surface area contributed by atoms with E-state index < -0.39 is 18.2 Å². The van der Waals surface area contributed by atoms with Gasteiger partial charge in [0.2, 0.25) is 0 Å². The van der Waals surface area contributed by atoms with Crippen molar-refractivity contribution in [2.45, 2.75) is 50.5 Å². The molecule has 0 unspecified atom stereocenters. The van der Waals surface area contributed by atoms with Gasteiger partial charge >= 0.3 is 12.1 Å². The van der Waals surface area contributed by atoms with E-state index in [2.05, 4.69) is 12.1 Å². The molecule has 0 aliphatic heterocycles. The van der Waals surface area contributed by atoms with Crippen LogP contribution in [0.3, 0.4) is 0 Å². The molecular formula is C24H27NO4. The Hall–Kier alpha value is -2.66. The molecule has 5 heteroatoms. The number of rotatable bonds is 5. The highest BCUT2D eigenvalue weighted by atomic mass is 16.7. The molecule has 2 aromatic carbocycles. The zero-order valence-corrected chi connectivity index (χ0v) is 16.5. The topological polar surface area (TPSA) is 78.6 Å². The molecule has 29 heavy (non-hydrogen) atoms. The number of hydrogen-bond acceptors (Lipinski definition) is 5. The molecule has 2 aliphatic rings. The third kappa shape index (κ3) is 4.35. The first-order valence-corrected chi connectivity index (χ1v) is 10.5. The van der Waals surface area contributed by atoms with Gasteiger partial charge in [-0.1, -0.05) is 80.6 Å². The Bertz CT molecular complexity index is 842. The molecule has 0 saturated heterocycles. The van der Waals surface area contributed by atoms with Gasteiger partial charge in [0.25, 0.3) is 0 Å². The molecule has 1 fully saturated rings. The van der Waals surface area contributed by atoms with Crippen molar-refractivity contribution in [1.29, 1.82) is 0 Å². The van der Waals surface area contributed by atoms with Gasteiger partial charge in [-0.15, -0.1) is 0 Å². The lowest BCUT2D eigenvalue weighted by molar-refractivity contribution is -0.141. The second-order valence-corrected chi connectivity index (χ2v) is 8.06. The fourth-order valence-corrected chi connectivity index (χ4v) is 4.66. The van der Waals surface area contributed by atoms with Crippen molar-refractivity contribution in [3.05, 3.63) is 59.7 Å². The summed E-state index contributed by atoms with van der Waals surface area (Å²) in [5.74, 6) is -0.331. The molecule has 2 aromatic rings. The standard InChI is InChI=1S/C24H27NO4/c25-22(14-16-8-2-1-3-9-16)23(26)29-24(27)28-15-21-19-12-6-4-10-17(19)18-11-5-7-13-20(18)21/h4-7,10-13,16,21-22H,1-3,8-9,14-15,25H2/t22-/m1/s1. The molecule has 0 radical (unpaired) electrons. The summed E-state index contributed by atoms with van der Waals surface area (Å²) < 4.78 is 10.2. The quantitative estimate of drug-likeness (QED) is 0.584. The van der Waals surface area contributed by atoms with Gasteiger partial charge < -0.3 is 15.2 Å². The fraction of sp³-hybridized carbons (Fsp3) is 0.417. The van der Waals surface area contributed by atoms with E-state index in [4.69, 9.17) is 15.2 Å². The maximum atomic E-state index is 12.2.